The van der Waals surface area contributed by atoms with E-state index in [1.54, 1.807) is 0 Å². The van der Waals surface area contributed by atoms with E-state index in [0.29, 0.717) is 0 Å². The Morgan fingerprint density at radius 3 is 1.11 bits per heavy atom. The largest absolute Gasteiger partial charge is 0.322 e. The van der Waals surface area contributed by atoms with Gasteiger partial charge < -0.3 is 14.2 Å². The van der Waals surface area contributed by atoms with Crippen molar-refractivity contribution in [2.75, 3.05) is 0 Å². The molecule has 0 unspecified atom stereocenters. The maximum Gasteiger partial charge on any atom is 0.284 e. The molecule has 0 spiro atoms. The van der Waals surface area contributed by atoms with Crippen molar-refractivity contribution in [3.63, 3.8) is 0 Å². The topological polar surface area (TPSA) is 27.7 Å². The molecule has 0 aliphatic carbocycles. The average Bonchev–Trinajstić information content (AvgIpc) is 2.42. The summed E-state index contributed by atoms with van der Waals surface area (Å²) in [5.41, 5.74) is -1.01. The van der Waals surface area contributed by atoms with Gasteiger partial charge in [0, 0.05) is 6.42 Å². The maximum atomic E-state index is 6.38. The lowest BCUT2D eigenvalue weighted by atomic mass is 10.1. The van der Waals surface area contributed by atoms with Crippen LogP contribution in [0.5, 0.6) is 0 Å². The molecule has 27 heavy (non-hydrogen) atoms. The highest BCUT2D eigenvalue weighted by molar-refractivity contribution is 4.75. The summed E-state index contributed by atoms with van der Waals surface area (Å²) in [6.07, 6.45) is 9.58. The van der Waals surface area contributed by atoms with E-state index < -0.39 is 5.97 Å². The summed E-state index contributed by atoms with van der Waals surface area (Å²) in [6.45, 7) is 26.8. The first-order chi connectivity index (χ1) is 12.2. The fraction of sp³-hybridized carbons (Fsp3) is 0.917. The Morgan fingerprint density at radius 2 is 0.815 bits per heavy atom. The molecule has 0 radical (unpaired) electrons. The summed E-state index contributed by atoms with van der Waals surface area (Å²) in [5.74, 6) is -1.00. The number of hydrogen-bond acceptors (Lipinski definition) is 3. The second-order valence-corrected chi connectivity index (χ2v) is 10.2. The highest BCUT2D eigenvalue weighted by atomic mass is 16.9. The molecule has 164 valence electrons. The molecule has 0 aromatic carbocycles. The normalized spacial score (nSPS) is 13.3. The first-order valence-corrected chi connectivity index (χ1v) is 10.8. The van der Waals surface area contributed by atoms with Crippen molar-refractivity contribution < 1.29 is 14.2 Å². The zero-order valence-corrected chi connectivity index (χ0v) is 20.3. The molecule has 0 rings (SSSR count). The monoisotopic (exact) mass is 386 g/mol. The minimum absolute atomic E-state index is 0.336. The first-order valence-electron chi connectivity index (χ1n) is 10.8. The minimum Gasteiger partial charge on any atom is -0.322 e. The summed E-state index contributed by atoms with van der Waals surface area (Å²) >= 11 is 0. The van der Waals surface area contributed by atoms with Gasteiger partial charge in [-0.25, -0.2) is 0 Å². The van der Waals surface area contributed by atoms with Crippen LogP contribution in [0, 0.1) is 0 Å². The lowest BCUT2D eigenvalue weighted by Crippen LogP contribution is -2.52. The first kappa shape index (κ1) is 28.8. The molecule has 0 aromatic heterocycles. The van der Waals surface area contributed by atoms with Gasteiger partial charge >= 0.3 is 0 Å². The molecular weight excluding hydrogens is 336 g/mol. The van der Waals surface area contributed by atoms with E-state index >= 15 is 0 Å². The molecule has 0 bridgehead atoms. The quantitative estimate of drug-likeness (QED) is 0.204. The van der Waals surface area contributed by atoms with Crippen LogP contribution in [0.2, 0.25) is 0 Å². The minimum atomic E-state index is -1.00. The molecule has 0 aromatic rings. The Morgan fingerprint density at radius 1 is 0.519 bits per heavy atom. The predicted octanol–water partition coefficient (Wildman–Crippen LogP) is 8.03. The molecule has 0 aliphatic rings. The smallest absolute Gasteiger partial charge is 0.284 e. The summed E-state index contributed by atoms with van der Waals surface area (Å²) in [7, 11) is 0. The van der Waals surface area contributed by atoms with Crippen LogP contribution in [0.15, 0.2) is 13.2 Å². The van der Waals surface area contributed by atoms with Crippen molar-refractivity contribution in [2.45, 2.75) is 143 Å². The SMILES string of the molecule is C=C.CCCCCCCCCC(OC(C)(C)C)(OC(C)(C)C)OC(C)(C)C. The van der Waals surface area contributed by atoms with Gasteiger partial charge in [-0.1, -0.05) is 45.4 Å². The van der Waals surface area contributed by atoms with Gasteiger partial charge in [0.1, 0.15) is 0 Å². The van der Waals surface area contributed by atoms with E-state index in [1.807, 2.05) is 0 Å². The third-order valence-corrected chi connectivity index (χ3v) is 3.47. The Labute approximate surface area is 171 Å². The predicted molar refractivity (Wildman–Crippen MR) is 119 cm³/mol. The fourth-order valence-electron chi connectivity index (χ4n) is 2.91. The average molecular weight is 387 g/mol. The zero-order chi connectivity index (χ0) is 21.8. The molecule has 0 saturated carbocycles. The molecule has 0 heterocycles. The summed E-state index contributed by atoms with van der Waals surface area (Å²) in [6, 6.07) is 0. The standard InChI is InChI=1S/C22H46O3.C2H4/c1-11-12-13-14-15-16-17-18-22(23-19(2,3)4,24-20(5,6)7)25-21(8,9)10;1-2/h11-18H2,1-10H3;1-2H2. The summed E-state index contributed by atoms with van der Waals surface area (Å²) in [4.78, 5) is 0. The van der Waals surface area contributed by atoms with Crippen LogP contribution >= 0.6 is 0 Å². The van der Waals surface area contributed by atoms with Gasteiger partial charge in [-0.15, -0.1) is 13.2 Å². The van der Waals surface area contributed by atoms with Gasteiger partial charge in [-0.05, 0) is 68.7 Å². The molecule has 0 fully saturated rings. The molecule has 0 atom stereocenters. The van der Waals surface area contributed by atoms with Crippen LogP contribution in [-0.4, -0.2) is 22.8 Å². The van der Waals surface area contributed by atoms with Gasteiger partial charge in [0.2, 0.25) is 0 Å². The van der Waals surface area contributed by atoms with Crippen LogP contribution in [0.4, 0.5) is 0 Å². The molecule has 0 aliphatic heterocycles. The van der Waals surface area contributed by atoms with Crippen molar-refractivity contribution in [3.05, 3.63) is 13.2 Å². The van der Waals surface area contributed by atoms with Crippen LogP contribution in [0.25, 0.3) is 0 Å². The van der Waals surface area contributed by atoms with Crippen molar-refractivity contribution >= 4 is 0 Å². The highest BCUT2D eigenvalue weighted by Gasteiger charge is 2.43. The molecule has 3 nitrogen and oxygen atoms in total. The zero-order valence-electron chi connectivity index (χ0n) is 20.3. The van der Waals surface area contributed by atoms with Gasteiger partial charge in [-0.3, -0.25) is 0 Å². The van der Waals surface area contributed by atoms with Crippen molar-refractivity contribution in [3.8, 4) is 0 Å². The number of ether oxygens (including phenoxy) is 3. The number of unbranched alkanes of at least 4 members (excludes halogenated alkanes) is 6. The highest BCUT2D eigenvalue weighted by Crippen LogP contribution is 2.36. The van der Waals surface area contributed by atoms with E-state index in [2.05, 4.69) is 82.4 Å². The molecule has 0 saturated heterocycles. The maximum absolute atomic E-state index is 6.38. The van der Waals surface area contributed by atoms with Gasteiger partial charge in [-0.2, -0.15) is 0 Å². The Kier molecular flexibility index (Phi) is 13.8. The van der Waals surface area contributed by atoms with Crippen LogP contribution in [-0.2, 0) is 14.2 Å². The van der Waals surface area contributed by atoms with Crippen LogP contribution in [0.1, 0.15) is 121 Å². The van der Waals surface area contributed by atoms with E-state index in [-0.39, 0.29) is 16.8 Å². The molecular formula is C24H50O3. The third kappa shape index (κ3) is 18.7. The number of rotatable bonds is 11. The molecule has 0 N–H and O–H groups in total. The molecule has 0 amide bonds. The molecule has 3 heteroatoms. The fourth-order valence-corrected chi connectivity index (χ4v) is 2.91. The summed E-state index contributed by atoms with van der Waals surface area (Å²) in [5, 5.41) is 0. The number of hydrogen-bond donors (Lipinski definition) is 0. The van der Waals surface area contributed by atoms with Crippen molar-refractivity contribution in [1.82, 2.24) is 0 Å². The Bertz CT molecular complexity index is 314. The Balaban J connectivity index is 0. The van der Waals surface area contributed by atoms with E-state index in [4.69, 9.17) is 14.2 Å². The van der Waals surface area contributed by atoms with Crippen molar-refractivity contribution in [1.29, 1.82) is 0 Å². The lowest BCUT2D eigenvalue weighted by Gasteiger charge is -2.45. The van der Waals surface area contributed by atoms with Gasteiger partial charge in [0.15, 0.2) is 0 Å². The van der Waals surface area contributed by atoms with Crippen molar-refractivity contribution in [2.24, 2.45) is 0 Å². The lowest BCUT2D eigenvalue weighted by molar-refractivity contribution is -0.449. The van der Waals surface area contributed by atoms with Crippen LogP contribution < -0.4 is 0 Å². The van der Waals surface area contributed by atoms with E-state index in [9.17, 15) is 0 Å². The van der Waals surface area contributed by atoms with Crippen LogP contribution in [0.3, 0.4) is 0 Å². The van der Waals surface area contributed by atoms with Gasteiger partial charge in [0.25, 0.3) is 5.97 Å². The van der Waals surface area contributed by atoms with E-state index in [1.165, 1.54) is 38.5 Å². The third-order valence-electron chi connectivity index (χ3n) is 3.47. The second kappa shape index (κ2) is 13.0. The second-order valence-electron chi connectivity index (χ2n) is 10.2. The van der Waals surface area contributed by atoms with Gasteiger partial charge in [0.05, 0.1) is 16.8 Å². The Hall–Kier alpha value is -0.380. The summed E-state index contributed by atoms with van der Waals surface area (Å²) < 4.78 is 19.1. The van der Waals surface area contributed by atoms with E-state index in [0.717, 1.165) is 12.8 Å².